The zero-order valence-electron chi connectivity index (χ0n) is 6.96. The van der Waals surface area contributed by atoms with Gasteiger partial charge in [0.15, 0.2) is 0 Å². The minimum atomic E-state index is -0.830. The van der Waals surface area contributed by atoms with Crippen molar-refractivity contribution in [3.05, 3.63) is 13.7 Å². The number of nitrogens with zero attached hydrogens (tertiary/aromatic N) is 3. The van der Waals surface area contributed by atoms with Crippen LogP contribution in [0.15, 0.2) is 6.33 Å². The number of rotatable bonds is 2. The summed E-state index contributed by atoms with van der Waals surface area (Å²) < 4.78 is 3.84. The van der Waals surface area contributed by atoms with Crippen LogP contribution < -0.4 is 5.73 Å². The van der Waals surface area contributed by atoms with E-state index in [0.29, 0.717) is 6.54 Å². The minimum Gasteiger partial charge on any atom is -0.322 e. The second-order valence-corrected chi connectivity index (χ2v) is 5.03. The lowest BCUT2D eigenvalue weighted by Gasteiger charge is -2.16. The van der Waals surface area contributed by atoms with Crippen molar-refractivity contribution in [2.45, 2.75) is 19.0 Å². The molecular formula is C7H8I2N4. The molecule has 4 nitrogen and oxygen atoms in total. The van der Waals surface area contributed by atoms with Gasteiger partial charge in [-0.3, -0.25) is 0 Å². The molecule has 0 spiro atoms. The fraction of sp³-hybridized carbons (Fsp3) is 0.429. The fourth-order valence-corrected chi connectivity index (χ4v) is 1.71. The lowest BCUT2D eigenvalue weighted by Crippen LogP contribution is -2.39. The quantitative estimate of drug-likeness (QED) is 0.760. The van der Waals surface area contributed by atoms with Crippen molar-refractivity contribution < 1.29 is 0 Å². The molecule has 6 heteroatoms. The van der Waals surface area contributed by atoms with E-state index in [2.05, 4.69) is 50.2 Å². The molecule has 1 atom stereocenters. The van der Waals surface area contributed by atoms with E-state index in [9.17, 15) is 0 Å². The molecule has 0 saturated carbocycles. The van der Waals surface area contributed by atoms with Crippen LogP contribution in [0, 0.1) is 18.7 Å². The summed E-state index contributed by atoms with van der Waals surface area (Å²) in [5.74, 6) is 0. The Morgan fingerprint density at radius 3 is 2.77 bits per heavy atom. The Morgan fingerprint density at radius 2 is 2.38 bits per heavy atom. The molecule has 0 bridgehead atoms. The molecule has 2 N–H and O–H groups in total. The molecule has 0 fully saturated rings. The van der Waals surface area contributed by atoms with Crippen LogP contribution >= 0.6 is 45.2 Å². The van der Waals surface area contributed by atoms with Crippen molar-refractivity contribution in [1.82, 2.24) is 9.55 Å². The van der Waals surface area contributed by atoms with Crippen LogP contribution in [0.5, 0.6) is 0 Å². The summed E-state index contributed by atoms with van der Waals surface area (Å²) in [5, 5.41) is 8.74. The second kappa shape index (κ2) is 4.10. The maximum Gasteiger partial charge on any atom is 0.132 e. The maximum atomic E-state index is 8.74. The molecule has 1 aromatic heterocycles. The van der Waals surface area contributed by atoms with Crippen LogP contribution in [0.25, 0.3) is 0 Å². The number of halogens is 2. The maximum absolute atomic E-state index is 8.74. The molecule has 0 aromatic carbocycles. The number of aromatic nitrogens is 2. The van der Waals surface area contributed by atoms with Gasteiger partial charge in [0.2, 0.25) is 0 Å². The van der Waals surface area contributed by atoms with Crippen LogP contribution in [0.1, 0.15) is 6.92 Å². The van der Waals surface area contributed by atoms with Crippen LogP contribution in [0.3, 0.4) is 0 Å². The molecule has 0 saturated heterocycles. The Kier molecular flexibility index (Phi) is 3.53. The molecule has 0 aliphatic carbocycles. The number of hydrogen-bond acceptors (Lipinski definition) is 3. The molecule has 1 aromatic rings. The van der Waals surface area contributed by atoms with E-state index < -0.39 is 5.54 Å². The van der Waals surface area contributed by atoms with E-state index in [0.717, 1.165) is 7.40 Å². The Hall–Kier alpha value is 0.120. The molecule has 1 unspecified atom stereocenters. The van der Waals surface area contributed by atoms with Crippen LogP contribution in [0.4, 0.5) is 0 Å². The summed E-state index contributed by atoms with van der Waals surface area (Å²) >= 11 is 4.33. The van der Waals surface area contributed by atoms with Crippen molar-refractivity contribution in [3.63, 3.8) is 0 Å². The summed E-state index contributed by atoms with van der Waals surface area (Å²) in [6, 6.07) is 2.05. The minimum absolute atomic E-state index is 0.470. The predicted molar refractivity (Wildman–Crippen MR) is 65.9 cm³/mol. The van der Waals surface area contributed by atoms with Gasteiger partial charge in [0, 0.05) is 0 Å². The summed E-state index contributed by atoms with van der Waals surface area (Å²) in [6.45, 7) is 2.17. The Balaban J connectivity index is 2.88. The van der Waals surface area contributed by atoms with Crippen molar-refractivity contribution in [2.75, 3.05) is 0 Å². The molecule has 0 aliphatic heterocycles. The van der Waals surface area contributed by atoms with Gasteiger partial charge in [0.25, 0.3) is 0 Å². The smallest absolute Gasteiger partial charge is 0.132 e. The topological polar surface area (TPSA) is 67.6 Å². The second-order valence-electron chi connectivity index (χ2n) is 2.98. The summed E-state index contributed by atoms with van der Waals surface area (Å²) in [5.41, 5.74) is 4.88. The molecule has 1 heterocycles. The van der Waals surface area contributed by atoms with Crippen LogP contribution in [0.2, 0.25) is 0 Å². The van der Waals surface area contributed by atoms with Crippen molar-refractivity contribution in [1.29, 1.82) is 5.26 Å². The number of nitriles is 1. The molecule has 13 heavy (non-hydrogen) atoms. The third kappa shape index (κ3) is 2.78. The monoisotopic (exact) mass is 402 g/mol. The number of hydrogen-bond donors (Lipinski definition) is 1. The molecule has 0 amide bonds. The predicted octanol–water partition coefficient (Wildman–Crippen LogP) is 1.33. The number of nitrogens with two attached hydrogens (primary N) is 1. The van der Waals surface area contributed by atoms with Gasteiger partial charge >= 0.3 is 0 Å². The summed E-state index contributed by atoms with van der Waals surface area (Å²) in [7, 11) is 0. The highest BCUT2D eigenvalue weighted by Gasteiger charge is 2.19. The van der Waals surface area contributed by atoms with Gasteiger partial charge in [-0.2, -0.15) is 5.26 Å². The number of imidazole rings is 1. The largest absolute Gasteiger partial charge is 0.322 e. The van der Waals surface area contributed by atoms with E-state index in [4.69, 9.17) is 11.0 Å². The van der Waals surface area contributed by atoms with Gasteiger partial charge in [-0.25, -0.2) is 4.98 Å². The van der Waals surface area contributed by atoms with Crippen LogP contribution in [-0.2, 0) is 6.54 Å². The van der Waals surface area contributed by atoms with E-state index in [1.54, 1.807) is 13.3 Å². The first kappa shape index (κ1) is 11.2. The fourth-order valence-electron chi connectivity index (χ4n) is 0.842. The molecule has 70 valence electrons. The van der Waals surface area contributed by atoms with Gasteiger partial charge in [0.05, 0.1) is 18.9 Å². The third-order valence-electron chi connectivity index (χ3n) is 1.49. The Morgan fingerprint density at radius 1 is 1.77 bits per heavy atom. The highest BCUT2D eigenvalue weighted by molar-refractivity contribution is 14.1. The van der Waals surface area contributed by atoms with E-state index in [-0.39, 0.29) is 0 Å². The third-order valence-corrected chi connectivity index (χ3v) is 4.44. The van der Waals surface area contributed by atoms with E-state index >= 15 is 0 Å². The zero-order chi connectivity index (χ0) is 10.1. The van der Waals surface area contributed by atoms with Gasteiger partial charge in [-0.15, -0.1) is 0 Å². The van der Waals surface area contributed by atoms with Crippen molar-refractivity contribution >= 4 is 45.2 Å². The highest BCUT2D eigenvalue weighted by Crippen LogP contribution is 2.15. The molecule has 0 aliphatic rings. The molecular weight excluding hydrogens is 394 g/mol. The molecule has 1 rings (SSSR count). The standard InChI is InChI=1S/C7H8I2N4/c1-7(11,2-10)3-13-4-12-5(8)6(13)9/h4H,3,11H2,1H3. The lowest BCUT2D eigenvalue weighted by molar-refractivity contribution is 0.487. The van der Waals surface area contributed by atoms with Gasteiger partial charge < -0.3 is 10.3 Å². The van der Waals surface area contributed by atoms with Crippen molar-refractivity contribution in [2.24, 2.45) is 5.73 Å². The first-order valence-corrected chi connectivity index (χ1v) is 5.68. The summed E-state index contributed by atoms with van der Waals surface area (Å²) in [4.78, 5) is 4.11. The van der Waals surface area contributed by atoms with Gasteiger partial charge in [-0.1, -0.05) is 0 Å². The average molecular weight is 402 g/mol. The normalized spacial score (nSPS) is 15.0. The first-order valence-electron chi connectivity index (χ1n) is 3.52. The Labute approximate surface area is 104 Å². The SMILES string of the molecule is CC(N)(C#N)Cn1cnc(I)c1I. The summed E-state index contributed by atoms with van der Waals surface area (Å²) in [6.07, 6.45) is 1.70. The molecule has 0 radical (unpaired) electrons. The average Bonchev–Trinajstić information content (AvgIpc) is 2.36. The van der Waals surface area contributed by atoms with Crippen molar-refractivity contribution in [3.8, 4) is 6.07 Å². The van der Waals surface area contributed by atoms with E-state index in [1.165, 1.54) is 0 Å². The Bertz CT molecular complexity index is 350. The van der Waals surface area contributed by atoms with Gasteiger partial charge in [-0.05, 0) is 52.1 Å². The van der Waals surface area contributed by atoms with Gasteiger partial charge in [0.1, 0.15) is 12.9 Å². The zero-order valence-corrected chi connectivity index (χ0v) is 11.3. The first-order chi connectivity index (χ1) is 5.96. The van der Waals surface area contributed by atoms with E-state index in [1.807, 2.05) is 10.6 Å². The lowest BCUT2D eigenvalue weighted by atomic mass is 10.1. The van der Waals surface area contributed by atoms with Crippen LogP contribution in [-0.4, -0.2) is 15.1 Å². The highest BCUT2D eigenvalue weighted by atomic mass is 127.